The highest BCUT2D eigenvalue weighted by Crippen LogP contribution is 2.56. The number of aliphatic hydroxyl groups is 1. The van der Waals surface area contributed by atoms with Gasteiger partial charge in [0.1, 0.15) is 0 Å². The van der Waals surface area contributed by atoms with Gasteiger partial charge in [-0.1, -0.05) is 12.2 Å². The van der Waals surface area contributed by atoms with Gasteiger partial charge in [-0.15, -0.1) is 0 Å². The zero-order valence-corrected chi connectivity index (χ0v) is 17.0. The third-order valence-electron chi connectivity index (χ3n) is 7.43. The minimum Gasteiger partial charge on any atom is -0.438 e. The molecule has 0 aromatic carbocycles. The molecular weight excluding hydrogens is 328 g/mol. The van der Waals surface area contributed by atoms with Crippen LogP contribution in [0.1, 0.15) is 67.2 Å². The van der Waals surface area contributed by atoms with Crippen LogP contribution in [0.4, 0.5) is 4.79 Å². The van der Waals surface area contributed by atoms with E-state index in [4.69, 9.17) is 4.74 Å². The number of fused-ring (bicyclic) bond motifs is 2. The van der Waals surface area contributed by atoms with Crippen molar-refractivity contribution in [2.45, 2.75) is 95.7 Å². The Hall–Kier alpha value is -1.07. The highest BCUT2D eigenvalue weighted by Gasteiger charge is 2.67. The zero-order chi connectivity index (χ0) is 19.1. The summed E-state index contributed by atoms with van der Waals surface area (Å²) in [7, 11) is 0. The summed E-state index contributed by atoms with van der Waals surface area (Å²) in [6, 6.07) is -0.0419. The van der Waals surface area contributed by atoms with Crippen LogP contribution in [-0.4, -0.2) is 44.5 Å². The topological polar surface area (TPSA) is 61.8 Å². The molecule has 146 valence electrons. The van der Waals surface area contributed by atoms with E-state index in [1.165, 1.54) is 0 Å². The average Bonchev–Trinajstić information content (AvgIpc) is 3.09. The van der Waals surface area contributed by atoms with Crippen LogP contribution in [0.3, 0.4) is 0 Å². The van der Waals surface area contributed by atoms with Gasteiger partial charge in [0.15, 0.2) is 11.3 Å². The highest BCUT2D eigenvalue weighted by atomic mass is 16.6. The number of carbonyl (C=O) groups is 1. The number of carbonyl (C=O) groups excluding carboxylic acids is 1. The van der Waals surface area contributed by atoms with Crippen molar-refractivity contribution in [3.8, 4) is 0 Å². The van der Waals surface area contributed by atoms with Crippen LogP contribution >= 0.6 is 0 Å². The Morgan fingerprint density at radius 2 is 1.69 bits per heavy atom. The van der Waals surface area contributed by atoms with E-state index in [1.54, 1.807) is 11.8 Å². The molecule has 5 nitrogen and oxygen atoms in total. The van der Waals surface area contributed by atoms with Gasteiger partial charge in [-0.3, -0.25) is 4.90 Å². The smallest absolute Gasteiger partial charge is 0.413 e. The summed E-state index contributed by atoms with van der Waals surface area (Å²) in [5.41, 5.74) is -2.37. The Labute approximate surface area is 157 Å². The van der Waals surface area contributed by atoms with Crippen LogP contribution in [0.25, 0.3) is 0 Å². The first kappa shape index (κ1) is 18.3. The maximum Gasteiger partial charge on any atom is 0.413 e. The van der Waals surface area contributed by atoms with Crippen LogP contribution in [0.15, 0.2) is 12.2 Å². The van der Waals surface area contributed by atoms with Gasteiger partial charge < -0.3 is 15.2 Å². The number of piperidine rings is 1. The average molecular weight is 363 g/mol. The molecule has 0 aromatic heterocycles. The number of rotatable bonds is 2. The lowest BCUT2D eigenvalue weighted by atomic mass is 9.72. The monoisotopic (exact) mass is 362 g/mol. The lowest BCUT2D eigenvalue weighted by Crippen LogP contribution is -2.67. The molecule has 5 atom stereocenters. The molecule has 4 aliphatic rings. The van der Waals surface area contributed by atoms with E-state index in [9.17, 15) is 9.90 Å². The molecule has 2 saturated heterocycles. The molecule has 0 spiro atoms. The molecular formula is C21H34N2O3. The fourth-order valence-corrected chi connectivity index (χ4v) is 6.54. The molecule has 5 heteroatoms. The fourth-order valence-electron chi connectivity index (χ4n) is 6.54. The molecule has 4 rings (SSSR count). The highest BCUT2D eigenvalue weighted by molar-refractivity contribution is 5.73. The standard InChI is InChI=1S/C21H34N2O3/c1-18(2)11-15(12-19(3,4)22-18)23-17(24)26-20(5,21(23,6)25)16-10-13-7-8-14(16)9-13/h7-8,13-16,22,25H,9-12H2,1-6H3/t13-,14-,16+,20+,21-/m0/s1. The Kier molecular flexibility index (Phi) is 3.70. The van der Waals surface area contributed by atoms with E-state index in [1.807, 2.05) is 6.92 Å². The van der Waals surface area contributed by atoms with Crippen molar-refractivity contribution in [1.82, 2.24) is 10.2 Å². The molecule has 2 aliphatic carbocycles. The van der Waals surface area contributed by atoms with Crippen LogP contribution < -0.4 is 5.32 Å². The summed E-state index contributed by atoms with van der Waals surface area (Å²) >= 11 is 0. The minimum absolute atomic E-state index is 0.0419. The van der Waals surface area contributed by atoms with Crippen molar-refractivity contribution in [3.63, 3.8) is 0 Å². The molecule has 2 heterocycles. The third-order valence-corrected chi connectivity index (χ3v) is 7.43. The van der Waals surface area contributed by atoms with Crippen molar-refractivity contribution in [1.29, 1.82) is 0 Å². The first-order valence-electron chi connectivity index (χ1n) is 10.1. The van der Waals surface area contributed by atoms with E-state index in [0.29, 0.717) is 11.8 Å². The predicted molar refractivity (Wildman–Crippen MR) is 101 cm³/mol. The molecule has 0 aromatic rings. The van der Waals surface area contributed by atoms with Gasteiger partial charge in [-0.25, -0.2) is 4.79 Å². The number of hydrogen-bond acceptors (Lipinski definition) is 4. The zero-order valence-electron chi connectivity index (χ0n) is 17.0. The second-order valence-electron chi connectivity index (χ2n) is 10.7. The van der Waals surface area contributed by atoms with Crippen molar-refractivity contribution < 1.29 is 14.6 Å². The predicted octanol–water partition coefficient (Wildman–Crippen LogP) is 3.43. The van der Waals surface area contributed by atoms with Crippen LogP contribution in [0.2, 0.25) is 0 Å². The van der Waals surface area contributed by atoms with Gasteiger partial charge >= 0.3 is 6.09 Å². The molecule has 3 fully saturated rings. The number of amides is 1. The molecule has 1 amide bonds. The second-order valence-corrected chi connectivity index (χ2v) is 10.7. The van der Waals surface area contributed by atoms with Crippen LogP contribution in [0.5, 0.6) is 0 Å². The normalized spacial score (nSPS) is 46.8. The first-order chi connectivity index (χ1) is 11.8. The van der Waals surface area contributed by atoms with Gasteiger partial charge in [-0.2, -0.15) is 0 Å². The van der Waals surface area contributed by atoms with Gasteiger partial charge in [-0.05, 0) is 79.1 Å². The van der Waals surface area contributed by atoms with E-state index >= 15 is 0 Å². The molecule has 2 N–H and O–H groups in total. The molecule has 2 aliphatic heterocycles. The lowest BCUT2D eigenvalue weighted by Gasteiger charge is -2.51. The summed E-state index contributed by atoms with van der Waals surface area (Å²) in [6.07, 6.45) is 7.91. The largest absolute Gasteiger partial charge is 0.438 e. The SMILES string of the molecule is CC1(C)CC(N2C(=O)O[C@](C)([C@@H]3C[C@H]4C=C[C@H]3C4)[C@]2(C)O)CC(C)(C)N1. The Bertz CT molecular complexity index is 638. The number of ether oxygens (including phenoxy) is 1. The fraction of sp³-hybridized carbons (Fsp3) is 0.857. The Balaban J connectivity index is 1.66. The Morgan fingerprint density at radius 1 is 1.08 bits per heavy atom. The maximum absolute atomic E-state index is 13.0. The molecule has 0 unspecified atom stereocenters. The number of nitrogens with one attached hydrogen (secondary N) is 1. The number of hydrogen-bond donors (Lipinski definition) is 2. The van der Waals surface area contributed by atoms with Crippen LogP contribution in [0, 0.1) is 17.8 Å². The quantitative estimate of drug-likeness (QED) is 0.739. The first-order valence-corrected chi connectivity index (χ1v) is 10.1. The summed E-state index contributed by atoms with van der Waals surface area (Å²) < 4.78 is 5.99. The summed E-state index contributed by atoms with van der Waals surface area (Å²) in [4.78, 5) is 14.7. The van der Waals surface area contributed by atoms with E-state index < -0.39 is 11.3 Å². The molecule has 1 saturated carbocycles. The number of allylic oxidation sites excluding steroid dienone is 2. The van der Waals surface area contributed by atoms with Gasteiger partial charge in [0.05, 0.1) is 0 Å². The summed E-state index contributed by atoms with van der Waals surface area (Å²) in [5, 5.41) is 15.3. The number of cyclic esters (lactones) is 1. The van der Waals surface area contributed by atoms with Crippen molar-refractivity contribution >= 4 is 6.09 Å². The van der Waals surface area contributed by atoms with E-state index in [-0.39, 0.29) is 29.1 Å². The van der Waals surface area contributed by atoms with Crippen LogP contribution in [-0.2, 0) is 4.74 Å². The summed E-state index contributed by atoms with van der Waals surface area (Å²) in [6.45, 7) is 12.4. The van der Waals surface area contributed by atoms with E-state index in [0.717, 1.165) is 25.7 Å². The molecule has 2 bridgehead atoms. The molecule has 26 heavy (non-hydrogen) atoms. The van der Waals surface area contributed by atoms with Gasteiger partial charge in [0.25, 0.3) is 0 Å². The van der Waals surface area contributed by atoms with E-state index in [2.05, 4.69) is 45.2 Å². The Morgan fingerprint density at radius 3 is 2.19 bits per heavy atom. The molecule has 0 radical (unpaired) electrons. The van der Waals surface area contributed by atoms with Crippen molar-refractivity contribution in [2.24, 2.45) is 17.8 Å². The van der Waals surface area contributed by atoms with Gasteiger partial charge in [0, 0.05) is 23.0 Å². The lowest BCUT2D eigenvalue weighted by molar-refractivity contribution is -0.177. The summed E-state index contributed by atoms with van der Waals surface area (Å²) in [5.74, 6) is 1.16. The maximum atomic E-state index is 13.0. The third kappa shape index (κ3) is 2.54. The minimum atomic E-state index is -1.30. The van der Waals surface area contributed by atoms with Crippen molar-refractivity contribution in [2.75, 3.05) is 0 Å². The van der Waals surface area contributed by atoms with Gasteiger partial charge in [0.2, 0.25) is 0 Å². The second kappa shape index (κ2) is 5.26. The number of nitrogens with zero attached hydrogens (tertiary/aromatic N) is 1. The van der Waals surface area contributed by atoms with Crippen molar-refractivity contribution in [3.05, 3.63) is 12.2 Å².